The number of nitrogens with zero attached hydrogens (tertiary/aromatic N) is 2. The molecule has 2 heterocycles. The molecule has 2 nitrogen and oxygen atoms in total. The molecule has 5 rings (SSSR count). The minimum absolute atomic E-state index is 0.938. The average Bonchev–Trinajstić information content (AvgIpc) is 3.24. The molecule has 26 heavy (non-hydrogen) atoms. The molecule has 0 aliphatic heterocycles. The summed E-state index contributed by atoms with van der Waals surface area (Å²) >= 11 is 3.50. The van der Waals surface area contributed by atoms with Crippen LogP contribution in [0.15, 0.2) is 12.1 Å². The lowest BCUT2D eigenvalue weighted by molar-refractivity contribution is 0.884. The van der Waals surface area contributed by atoms with Crippen molar-refractivity contribution in [1.82, 2.24) is 9.97 Å². The van der Waals surface area contributed by atoms with Gasteiger partial charge in [-0.25, -0.2) is 9.97 Å². The monoisotopic (exact) mass is 372 g/mol. The lowest BCUT2D eigenvalue weighted by Gasteiger charge is -2.24. The van der Waals surface area contributed by atoms with Gasteiger partial charge in [0.2, 0.25) is 0 Å². The molecular formula is C22H16N2S2. The van der Waals surface area contributed by atoms with E-state index in [9.17, 15) is 0 Å². The molecule has 0 amide bonds. The maximum atomic E-state index is 4.82. The SMILES string of the molecule is CC#Cc1nc2c(s1)CCc1c-2ccc2c1CCc1sc(C#CC)nc1-2. The largest absolute Gasteiger partial charge is 0.227 e. The summed E-state index contributed by atoms with van der Waals surface area (Å²) in [6, 6.07) is 4.49. The minimum atomic E-state index is 0.938. The van der Waals surface area contributed by atoms with Gasteiger partial charge in [0.05, 0.1) is 11.4 Å². The van der Waals surface area contributed by atoms with Gasteiger partial charge in [0.25, 0.3) is 0 Å². The molecule has 126 valence electrons. The van der Waals surface area contributed by atoms with E-state index in [1.165, 1.54) is 32.0 Å². The summed E-state index contributed by atoms with van der Waals surface area (Å²) in [7, 11) is 0. The van der Waals surface area contributed by atoms with Crippen molar-refractivity contribution in [2.24, 2.45) is 0 Å². The maximum Gasteiger partial charge on any atom is 0.167 e. The Hall–Kier alpha value is -2.40. The molecule has 0 radical (unpaired) electrons. The van der Waals surface area contributed by atoms with Crippen LogP contribution in [0.3, 0.4) is 0 Å². The van der Waals surface area contributed by atoms with Gasteiger partial charge in [0.15, 0.2) is 10.0 Å². The van der Waals surface area contributed by atoms with Gasteiger partial charge in [0, 0.05) is 20.9 Å². The van der Waals surface area contributed by atoms with E-state index in [0.29, 0.717) is 0 Å². The summed E-state index contributed by atoms with van der Waals surface area (Å²) in [5, 5.41) is 1.88. The first-order chi connectivity index (χ1) is 12.8. The van der Waals surface area contributed by atoms with Gasteiger partial charge in [-0.05, 0) is 62.5 Å². The van der Waals surface area contributed by atoms with Crippen LogP contribution in [0.2, 0.25) is 0 Å². The van der Waals surface area contributed by atoms with E-state index in [2.05, 4.69) is 35.8 Å². The van der Waals surface area contributed by atoms with Gasteiger partial charge in [-0.3, -0.25) is 0 Å². The van der Waals surface area contributed by atoms with Crippen molar-refractivity contribution in [3.05, 3.63) is 43.0 Å². The fraction of sp³-hybridized carbons (Fsp3) is 0.273. The highest BCUT2D eigenvalue weighted by Crippen LogP contribution is 2.44. The average molecular weight is 373 g/mol. The predicted octanol–water partition coefficient (Wildman–Crippen LogP) is 4.87. The number of hydrogen-bond acceptors (Lipinski definition) is 4. The van der Waals surface area contributed by atoms with E-state index in [4.69, 9.17) is 9.97 Å². The van der Waals surface area contributed by atoms with Crippen molar-refractivity contribution in [1.29, 1.82) is 0 Å². The molecule has 3 aromatic rings. The standard InChI is InChI=1S/C22H16N2S2/c1-3-5-19-23-21-15-7-8-16-14(13(15)9-11-17(21)25-19)10-12-18-22(16)24-20(26-18)6-4-2/h7-8H,9-12H2,1-2H3. The Kier molecular flexibility index (Phi) is 3.71. The molecule has 0 bridgehead atoms. The first-order valence-electron chi connectivity index (χ1n) is 8.79. The molecule has 0 saturated heterocycles. The maximum absolute atomic E-state index is 4.82. The third-order valence-electron chi connectivity index (χ3n) is 5.00. The van der Waals surface area contributed by atoms with Crippen LogP contribution < -0.4 is 0 Å². The fourth-order valence-electron chi connectivity index (χ4n) is 3.97. The summed E-state index contributed by atoms with van der Waals surface area (Å²) in [5.41, 5.74) is 7.85. The predicted molar refractivity (Wildman–Crippen MR) is 109 cm³/mol. The molecule has 0 N–H and O–H groups in total. The number of benzene rings is 1. The third kappa shape index (κ3) is 2.34. The second kappa shape index (κ2) is 6.09. The number of hydrogen-bond donors (Lipinski definition) is 0. The Bertz CT molecular complexity index is 1080. The topological polar surface area (TPSA) is 25.8 Å². The van der Waals surface area contributed by atoms with E-state index in [1.54, 1.807) is 22.7 Å². The van der Waals surface area contributed by atoms with E-state index in [0.717, 1.165) is 47.1 Å². The van der Waals surface area contributed by atoms with Gasteiger partial charge < -0.3 is 0 Å². The van der Waals surface area contributed by atoms with Crippen LogP contribution >= 0.6 is 22.7 Å². The molecule has 0 spiro atoms. The summed E-state index contributed by atoms with van der Waals surface area (Å²) in [6.07, 6.45) is 4.32. The van der Waals surface area contributed by atoms with E-state index in [-0.39, 0.29) is 0 Å². The van der Waals surface area contributed by atoms with Crippen molar-refractivity contribution in [3.8, 4) is 46.2 Å². The summed E-state index contributed by atoms with van der Waals surface area (Å²) in [6.45, 7) is 3.74. The zero-order valence-corrected chi connectivity index (χ0v) is 16.3. The first kappa shape index (κ1) is 15.8. The molecule has 4 heteroatoms. The Labute approximate surface area is 161 Å². The van der Waals surface area contributed by atoms with Gasteiger partial charge in [-0.2, -0.15) is 0 Å². The lowest BCUT2D eigenvalue weighted by atomic mass is 9.82. The molecule has 0 fully saturated rings. The molecule has 1 aromatic carbocycles. The number of fused-ring (bicyclic) bond motifs is 7. The Morgan fingerprint density at radius 1 is 0.731 bits per heavy atom. The van der Waals surface area contributed by atoms with Crippen molar-refractivity contribution < 1.29 is 0 Å². The highest BCUT2D eigenvalue weighted by atomic mass is 32.1. The molecule has 0 atom stereocenters. The molecule has 2 aliphatic rings. The molecule has 0 saturated carbocycles. The molecule has 2 aliphatic carbocycles. The minimum Gasteiger partial charge on any atom is -0.227 e. The first-order valence-corrected chi connectivity index (χ1v) is 10.4. The van der Waals surface area contributed by atoms with Gasteiger partial charge >= 0.3 is 0 Å². The van der Waals surface area contributed by atoms with Crippen LogP contribution in [0.25, 0.3) is 22.5 Å². The van der Waals surface area contributed by atoms with Crippen molar-refractivity contribution in [2.75, 3.05) is 0 Å². The Balaban J connectivity index is 1.67. The van der Waals surface area contributed by atoms with E-state index >= 15 is 0 Å². The van der Waals surface area contributed by atoms with E-state index < -0.39 is 0 Å². The zero-order valence-electron chi connectivity index (χ0n) is 14.7. The van der Waals surface area contributed by atoms with Gasteiger partial charge in [-0.1, -0.05) is 24.0 Å². The second-order valence-electron chi connectivity index (χ2n) is 6.45. The molecule has 0 unspecified atom stereocenters. The van der Waals surface area contributed by atoms with E-state index in [1.807, 2.05) is 13.8 Å². The van der Waals surface area contributed by atoms with Gasteiger partial charge in [0.1, 0.15) is 0 Å². The van der Waals surface area contributed by atoms with Crippen LogP contribution in [0.5, 0.6) is 0 Å². The van der Waals surface area contributed by atoms with Crippen molar-refractivity contribution >= 4 is 22.7 Å². The van der Waals surface area contributed by atoms with Crippen molar-refractivity contribution in [2.45, 2.75) is 39.5 Å². The smallest absolute Gasteiger partial charge is 0.167 e. The second-order valence-corrected chi connectivity index (χ2v) is 8.62. The van der Waals surface area contributed by atoms with Crippen LogP contribution in [-0.2, 0) is 25.7 Å². The Morgan fingerprint density at radius 2 is 1.19 bits per heavy atom. The van der Waals surface area contributed by atoms with Crippen LogP contribution in [-0.4, -0.2) is 9.97 Å². The van der Waals surface area contributed by atoms with Crippen LogP contribution in [0.1, 0.15) is 44.7 Å². The summed E-state index contributed by atoms with van der Waals surface area (Å²) in [5.74, 6) is 12.2. The molecular weight excluding hydrogens is 356 g/mol. The highest BCUT2D eigenvalue weighted by Gasteiger charge is 2.28. The normalized spacial score (nSPS) is 13.3. The molecule has 2 aromatic heterocycles. The third-order valence-corrected chi connectivity index (χ3v) is 7.07. The number of thiazole rings is 2. The quantitative estimate of drug-likeness (QED) is 0.526. The number of aryl methyl sites for hydroxylation is 2. The number of rotatable bonds is 0. The summed E-state index contributed by atoms with van der Waals surface area (Å²) in [4.78, 5) is 12.4. The lowest BCUT2D eigenvalue weighted by Crippen LogP contribution is -2.11. The van der Waals surface area contributed by atoms with Crippen LogP contribution in [0.4, 0.5) is 0 Å². The van der Waals surface area contributed by atoms with Gasteiger partial charge in [-0.15, -0.1) is 22.7 Å². The zero-order chi connectivity index (χ0) is 17.7. The van der Waals surface area contributed by atoms with Crippen LogP contribution in [0, 0.1) is 23.7 Å². The summed E-state index contributed by atoms with van der Waals surface area (Å²) < 4.78 is 0. The number of aromatic nitrogens is 2. The Morgan fingerprint density at radius 3 is 1.62 bits per heavy atom. The highest BCUT2D eigenvalue weighted by molar-refractivity contribution is 7.13. The fourth-order valence-corrected chi connectivity index (χ4v) is 5.93. The van der Waals surface area contributed by atoms with Crippen molar-refractivity contribution in [3.63, 3.8) is 0 Å².